The van der Waals surface area contributed by atoms with E-state index in [-0.39, 0.29) is 11.4 Å². The van der Waals surface area contributed by atoms with E-state index >= 15 is 0 Å². The largest absolute Gasteiger partial charge is 0.391 e. The van der Waals surface area contributed by atoms with Crippen molar-refractivity contribution in [3.8, 4) is 0 Å². The van der Waals surface area contributed by atoms with E-state index in [0.29, 0.717) is 12.0 Å². The molecule has 0 saturated carbocycles. The summed E-state index contributed by atoms with van der Waals surface area (Å²) in [6, 6.07) is 6.57. The Hall–Kier alpha value is -0.930. The summed E-state index contributed by atoms with van der Waals surface area (Å²) in [5.74, 6) is -0.254. The molecule has 0 amide bonds. The lowest BCUT2D eigenvalue weighted by atomic mass is 9.90. The van der Waals surface area contributed by atoms with Gasteiger partial charge in [-0.3, -0.25) is 0 Å². The fourth-order valence-corrected chi connectivity index (χ4v) is 1.42. The third-order valence-corrected chi connectivity index (χ3v) is 3.34. The van der Waals surface area contributed by atoms with Crippen LogP contribution in [-0.4, -0.2) is 35.7 Å². The van der Waals surface area contributed by atoms with E-state index in [0.717, 1.165) is 0 Å². The van der Waals surface area contributed by atoms with E-state index in [2.05, 4.69) is 0 Å². The van der Waals surface area contributed by atoms with Crippen molar-refractivity contribution >= 4 is 0 Å². The highest BCUT2D eigenvalue weighted by Crippen LogP contribution is 2.20. The molecule has 0 aliphatic rings. The van der Waals surface area contributed by atoms with Gasteiger partial charge in [-0.2, -0.15) is 0 Å². The predicted octanol–water partition coefficient (Wildman–Crippen LogP) is 2.07. The number of aliphatic hydroxyl groups excluding tert-OH is 1. The van der Waals surface area contributed by atoms with Gasteiger partial charge in [0.05, 0.1) is 6.10 Å². The first-order valence-electron chi connectivity index (χ1n) is 5.44. The van der Waals surface area contributed by atoms with Crippen LogP contribution in [0.5, 0.6) is 0 Å². The zero-order valence-corrected chi connectivity index (χ0v) is 10.4. The maximum Gasteiger partial charge on any atom is 0.126 e. The van der Waals surface area contributed by atoms with Gasteiger partial charge in [-0.15, -0.1) is 0 Å². The molecule has 0 saturated heterocycles. The highest BCUT2D eigenvalue weighted by molar-refractivity contribution is 5.18. The number of aliphatic hydroxyl groups is 1. The maximum absolute atomic E-state index is 13.4. The van der Waals surface area contributed by atoms with Gasteiger partial charge < -0.3 is 10.0 Å². The Balaban J connectivity index is 2.79. The SMILES string of the molecule is CN(C)C(C)(C)C(O)Cc1ccccc1F. The number of hydrogen-bond acceptors (Lipinski definition) is 2. The van der Waals surface area contributed by atoms with Crippen molar-refractivity contribution in [3.05, 3.63) is 35.6 Å². The summed E-state index contributed by atoms with van der Waals surface area (Å²) in [4.78, 5) is 1.94. The van der Waals surface area contributed by atoms with Gasteiger partial charge >= 0.3 is 0 Å². The first-order valence-corrected chi connectivity index (χ1v) is 5.44. The number of hydrogen-bond donors (Lipinski definition) is 1. The van der Waals surface area contributed by atoms with Crippen LogP contribution >= 0.6 is 0 Å². The minimum absolute atomic E-state index is 0.254. The second-order valence-corrected chi connectivity index (χ2v) is 4.86. The molecule has 0 spiro atoms. The van der Waals surface area contributed by atoms with Crippen molar-refractivity contribution in [1.29, 1.82) is 0 Å². The van der Waals surface area contributed by atoms with Crippen molar-refractivity contribution in [2.45, 2.75) is 31.9 Å². The summed E-state index contributed by atoms with van der Waals surface area (Å²) in [6.45, 7) is 3.89. The van der Waals surface area contributed by atoms with E-state index in [9.17, 15) is 9.50 Å². The number of nitrogens with zero attached hydrogens (tertiary/aromatic N) is 1. The quantitative estimate of drug-likeness (QED) is 0.848. The van der Waals surface area contributed by atoms with Crippen molar-refractivity contribution in [2.24, 2.45) is 0 Å². The van der Waals surface area contributed by atoms with Crippen LogP contribution in [0.4, 0.5) is 4.39 Å². The second-order valence-electron chi connectivity index (χ2n) is 4.86. The molecule has 0 fully saturated rings. The maximum atomic E-state index is 13.4. The molecular weight excluding hydrogens is 205 g/mol. The fourth-order valence-electron chi connectivity index (χ4n) is 1.42. The lowest BCUT2D eigenvalue weighted by molar-refractivity contribution is 0.0178. The lowest BCUT2D eigenvalue weighted by Gasteiger charge is -2.37. The van der Waals surface area contributed by atoms with Crippen LogP contribution in [0.15, 0.2) is 24.3 Å². The smallest absolute Gasteiger partial charge is 0.126 e. The van der Waals surface area contributed by atoms with E-state index in [1.807, 2.05) is 32.8 Å². The van der Waals surface area contributed by atoms with Crippen LogP contribution in [0.3, 0.4) is 0 Å². The zero-order chi connectivity index (χ0) is 12.3. The number of halogens is 1. The minimum Gasteiger partial charge on any atom is -0.391 e. The molecular formula is C13H20FNO. The average molecular weight is 225 g/mol. The summed E-state index contributed by atoms with van der Waals surface area (Å²) < 4.78 is 13.4. The fraction of sp³-hybridized carbons (Fsp3) is 0.538. The Labute approximate surface area is 96.7 Å². The average Bonchev–Trinajstić information content (AvgIpc) is 2.21. The molecule has 90 valence electrons. The summed E-state index contributed by atoms with van der Waals surface area (Å²) >= 11 is 0. The Bertz CT molecular complexity index is 350. The molecule has 1 aromatic rings. The molecule has 0 aliphatic heterocycles. The minimum atomic E-state index is -0.598. The topological polar surface area (TPSA) is 23.5 Å². The van der Waals surface area contributed by atoms with Crippen LogP contribution in [-0.2, 0) is 6.42 Å². The molecule has 16 heavy (non-hydrogen) atoms. The molecule has 1 aromatic carbocycles. The van der Waals surface area contributed by atoms with E-state index < -0.39 is 6.10 Å². The second kappa shape index (κ2) is 4.93. The van der Waals surface area contributed by atoms with Crippen LogP contribution in [0, 0.1) is 5.82 Å². The summed E-state index contributed by atoms with van der Waals surface area (Å²) in [5.41, 5.74) is 0.187. The van der Waals surface area contributed by atoms with Gasteiger partial charge in [-0.05, 0) is 39.6 Å². The Morgan fingerprint density at radius 2 is 1.88 bits per heavy atom. The van der Waals surface area contributed by atoms with Gasteiger partial charge in [0, 0.05) is 12.0 Å². The molecule has 0 aliphatic carbocycles. The summed E-state index contributed by atoms with van der Waals surface area (Å²) in [7, 11) is 3.81. The molecule has 0 heterocycles. The third kappa shape index (κ3) is 2.80. The summed E-state index contributed by atoms with van der Waals surface area (Å²) in [5, 5.41) is 10.1. The number of benzene rings is 1. The molecule has 1 atom stereocenters. The first kappa shape index (κ1) is 13.1. The van der Waals surface area contributed by atoms with Crippen molar-refractivity contribution in [2.75, 3.05) is 14.1 Å². The molecule has 0 radical (unpaired) electrons. The van der Waals surface area contributed by atoms with E-state index in [4.69, 9.17) is 0 Å². The highest BCUT2D eigenvalue weighted by Gasteiger charge is 2.30. The van der Waals surface area contributed by atoms with Gasteiger partial charge in [-0.1, -0.05) is 18.2 Å². The molecule has 2 nitrogen and oxygen atoms in total. The van der Waals surface area contributed by atoms with Crippen molar-refractivity contribution in [3.63, 3.8) is 0 Å². The highest BCUT2D eigenvalue weighted by atomic mass is 19.1. The molecule has 1 rings (SSSR count). The van der Waals surface area contributed by atoms with Crippen LogP contribution in [0.25, 0.3) is 0 Å². The van der Waals surface area contributed by atoms with Gasteiger partial charge in [0.15, 0.2) is 0 Å². The standard InChI is InChI=1S/C13H20FNO/c1-13(2,15(3)4)12(16)9-10-7-5-6-8-11(10)14/h5-8,12,16H,9H2,1-4H3. The predicted molar refractivity (Wildman–Crippen MR) is 63.9 cm³/mol. The van der Waals surface area contributed by atoms with Gasteiger partial charge in [0.1, 0.15) is 5.82 Å². The third-order valence-electron chi connectivity index (χ3n) is 3.34. The zero-order valence-electron chi connectivity index (χ0n) is 10.4. The molecule has 1 N–H and O–H groups in total. The van der Waals surface area contributed by atoms with Gasteiger partial charge in [0.25, 0.3) is 0 Å². The normalized spacial score (nSPS) is 14.2. The molecule has 1 unspecified atom stereocenters. The first-order chi connectivity index (χ1) is 7.35. The van der Waals surface area contributed by atoms with Crippen molar-refractivity contribution < 1.29 is 9.50 Å². The molecule has 3 heteroatoms. The van der Waals surface area contributed by atoms with Gasteiger partial charge in [-0.25, -0.2) is 4.39 Å². The van der Waals surface area contributed by atoms with E-state index in [1.165, 1.54) is 6.07 Å². The van der Waals surface area contributed by atoms with Crippen molar-refractivity contribution in [1.82, 2.24) is 4.90 Å². The van der Waals surface area contributed by atoms with Crippen LogP contribution in [0.2, 0.25) is 0 Å². The molecule has 0 bridgehead atoms. The summed E-state index contributed by atoms with van der Waals surface area (Å²) in [6.07, 6.45) is -0.267. The molecule has 0 aromatic heterocycles. The van der Waals surface area contributed by atoms with Crippen LogP contribution in [0.1, 0.15) is 19.4 Å². The van der Waals surface area contributed by atoms with Crippen LogP contribution < -0.4 is 0 Å². The number of rotatable bonds is 4. The number of likely N-dealkylation sites (N-methyl/N-ethyl adjacent to an activating group) is 1. The Kier molecular flexibility index (Phi) is 4.05. The Morgan fingerprint density at radius 3 is 2.38 bits per heavy atom. The monoisotopic (exact) mass is 225 g/mol. The lowest BCUT2D eigenvalue weighted by Crippen LogP contribution is -2.49. The van der Waals surface area contributed by atoms with E-state index in [1.54, 1.807) is 18.2 Å². The Morgan fingerprint density at radius 1 is 1.31 bits per heavy atom. The van der Waals surface area contributed by atoms with Gasteiger partial charge in [0.2, 0.25) is 0 Å².